The summed E-state index contributed by atoms with van der Waals surface area (Å²) in [5.74, 6) is -1.18. The molecule has 0 heterocycles. The third-order valence-electron chi connectivity index (χ3n) is 6.46. The van der Waals surface area contributed by atoms with Crippen molar-refractivity contribution >= 4 is 23.9 Å². The van der Waals surface area contributed by atoms with E-state index in [9.17, 15) is 24.3 Å². The summed E-state index contributed by atoms with van der Waals surface area (Å²) in [6, 6.07) is 2.69. The lowest BCUT2D eigenvalue weighted by Gasteiger charge is -2.39. The molecule has 1 aromatic rings. The summed E-state index contributed by atoms with van der Waals surface area (Å²) in [5.41, 5.74) is 1.58. The number of carbonyl (C=O) groups is 4. The Morgan fingerprint density at radius 2 is 1.70 bits per heavy atom. The molecule has 0 fully saturated rings. The molecular weight excluding hydrogens is 514 g/mol. The molecule has 0 saturated carbocycles. The highest BCUT2D eigenvalue weighted by Crippen LogP contribution is 2.30. The maximum Gasteiger partial charge on any atom is 0.408 e. The predicted octanol–water partition coefficient (Wildman–Crippen LogP) is 3.95. The zero-order valence-electron chi connectivity index (χ0n) is 25.6. The van der Waals surface area contributed by atoms with Gasteiger partial charge in [0, 0.05) is 12.6 Å². The van der Waals surface area contributed by atoms with Crippen molar-refractivity contribution in [1.29, 1.82) is 0 Å². The topological polar surface area (TPSA) is 134 Å². The van der Waals surface area contributed by atoms with E-state index in [1.165, 1.54) is 4.90 Å². The minimum absolute atomic E-state index is 0.0184. The van der Waals surface area contributed by atoms with Crippen molar-refractivity contribution < 1.29 is 33.8 Å². The van der Waals surface area contributed by atoms with Crippen LogP contribution in [0.1, 0.15) is 90.5 Å². The summed E-state index contributed by atoms with van der Waals surface area (Å²) in [5, 5.41) is 15.4. The second-order valence-corrected chi connectivity index (χ2v) is 11.5. The lowest BCUT2D eigenvalue weighted by molar-refractivity contribution is -0.146. The molecule has 3 amide bonds. The third-order valence-corrected chi connectivity index (χ3v) is 6.46. The Morgan fingerprint density at radius 1 is 1.05 bits per heavy atom. The van der Waals surface area contributed by atoms with Crippen LogP contribution in [0.5, 0.6) is 0 Å². The Morgan fingerprint density at radius 3 is 2.25 bits per heavy atom. The number of hydrogen-bond donors (Lipinski definition) is 3. The minimum Gasteiger partial charge on any atom is -0.466 e. The average molecular weight is 564 g/mol. The molecule has 40 heavy (non-hydrogen) atoms. The van der Waals surface area contributed by atoms with Gasteiger partial charge in [0.25, 0.3) is 0 Å². The lowest BCUT2D eigenvalue weighted by atomic mass is 9.93. The highest BCUT2D eigenvalue weighted by molar-refractivity contribution is 5.92. The smallest absolute Gasteiger partial charge is 0.408 e. The van der Waals surface area contributed by atoms with Crippen molar-refractivity contribution in [2.45, 2.75) is 105 Å². The fourth-order valence-corrected chi connectivity index (χ4v) is 4.23. The molecule has 0 aliphatic carbocycles. The number of aliphatic hydroxyl groups is 1. The van der Waals surface area contributed by atoms with Crippen LogP contribution in [-0.4, -0.2) is 71.3 Å². The maximum absolute atomic E-state index is 14.1. The van der Waals surface area contributed by atoms with E-state index < -0.39 is 54.2 Å². The van der Waals surface area contributed by atoms with Crippen LogP contribution < -0.4 is 10.6 Å². The van der Waals surface area contributed by atoms with Crippen molar-refractivity contribution in [3.63, 3.8) is 0 Å². The quantitative estimate of drug-likeness (QED) is 0.292. The summed E-state index contributed by atoms with van der Waals surface area (Å²) in [6.07, 6.45) is 0.510. The molecule has 3 N–H and O–H groups in total. The molecule has 1 aromatic carbocycles. The first-order valence-corrected chi connectivity index (χ1v) is 14.0. The molecule has 10 heteroatoms. The molecule has 226 valence electrons. The number of aryl methyl sites for hydroxylation is 1. The van der Waals surface area contributed by atoms with E-state index in [2.05, 4.69) is 24.5 Å². The van der Waals surface area contributed by atoms with E-state index in [1.807, 2.05) is 32.9 Å². The van der Waals surface area contributed by atoms with Crippen molar-refractivity contribution in [3.05, 3.63) is 34.9 Å². The molecule has 0 aliphatic rings. The van der Waals surface area contributed by atoms with Gasteiger partial charge in [0.05, 0.1) is 19.6 Å². The number of rotatable bonds is 14. The van der Waals surface area contributed by atoms with Crippen LogP contribution in [0.15, 0.2) is 18.2 Å². The maximum atomic E-state index is 14.1. The van der Waals surface area contributed by atoms with E-state index in [4.69, 9.17) is 9.47 Å². The average Bonchev–Trinajstić information content (AvgIpc) is 2.85. The number of nitrogens with zero attached hydrogens (tertiary/aromatic N) is 1. The molecular formula is C30H49N3O7. The summed E-state index contributed by atoms with van der Waals surface area (Å²) in [7, 11) is 0. The SMILES string of the molecule is CCOC(=O)CCNC(=O)C(c1cccc(C)c1C)N(C(=O)C(CO)NC(=O)OC(C)(C)C)C(C)CCC(C)C. The number of esters is 1. The van der Waals surface area contributed by atoms with Gasteiger partial charge < -0.3 is 30.1 Å². The first-order chi connectivity index (χ1) is 18.6. The molecule has 10 nitrogen and oxygen atoms in total. The summed E-state index contributed by atoms with van der Waals surface area (Å²) < 4.78 is 10.3. The standard InChI is InChI=1S/C30H49N3O7/c1-10-39-25(35)16-17-31-27(36)26(23-13-11-12-20(4)22(23)6)33(21(5)15-14-19(2)3)28(37)24(18-34)32-29(38)40-30(7,8)9/h11-13,19,21,24,26,34H,10,14-18H2,1-9H3,(H,31,36)(H,32,38). The second-order valence-electron chi connectivity index (χ2n) is 11.5. The molecule has 3 unspecified atom stereocenters. The van der Waals surface area contributed by atoms with Crippen LogP contribution in [-0.2, 0) is 23.9 Å². The highest BCUT2D eigenvalue weighted by atomic mass is 16.6. The highest BCUT2D eigenvalue weighted by Gasteiger charge is 2.39. The summed E-state index contributed by atoms with van der Waals surface area (Å²) >= 11 is 0. The molecule has 3 atom stereocenters. The van der Waals surface area contributed by atoms with Gasteiger partial charge in [0.15, 0.2) is 0 Å². The van der Waals surface area contributed by atoms with Gasteiger partial charge in [0.1, 0.15) is 17.7 Å². The van der Waals surface area contributed by atoms with Crippen LogP contribution in [0.25, 0.3) is 0 Å². The van der Waals surface area contributed by atoms with Gasteiger partial charge >= 0.3 is 12.1 Å². The predicted molar refractivity (Wildman–Crippen MR) is 154 cm³/mol. The third kappa shape index (κ3) is 11.2. The van der Waals surface area contributed by atoms with Gasteiger partial charge in [-0.05, 0) is 83.9 Å². The number of aliphatic hydroxyl groups excluding tert-OH is 1. The Hall–Kier alpha value is -3.14. The normalized spacial score (nSPS) is 13.7. The number of benzene rings is 1. The Kier molecular flexibility index (Phi) is 14.1. The van der Waals surface area contributed by atoms with Crippen LogP contribution in [0.4, 0.5) is 4.79 Å². The fourth-order valence-electron chi connectivity index (χ4n) is 4.23. The molecule has 0 saturated heterocycles. The van der Waals surface area contributed by atoms with Crippen molar-refractivity contribution in [1.82, 2.24) is 15.5 Å². The zero-order chi connectivity index (χ0) is 30.6. The molecule has 0 aliphatic heterocycles. The van der Waals surface area contributed by atoms with Crippen molar-refractivity contribution in [3.8, 4) is 0 Å². The van der Waals surface area contributed by atoms with Gasteiger partial charge in [-0.15, -0.1) is 0 Å². The van der Waals surface area contributed by atoms with Crippen LogP contribution in [0.2, 0.25) is 0 Å². The van der Waals surface area contributed by atoms with Gasteiger partial charge in [-0.25, -0.2) is 4.79 Å². The molecule has 0 spiro atoms. The number of carbonyl (C=O) groups excluding carboxylic acids is 4. The first kappa shape index (κ1) is 34.9. The van der Waals surface area contributed by atoms with E-state index >= 15 is 0 Å². The zero-order valence-corrected chi connectivity index (χ0v) is 25.6. The Labute approximate surface area is 239 Å². The molecule has 0 radical (unpaired) electrons. The summed E-state index contributed by atoms with van der Waals surface area (Å²) in [6.45, 7) is 16.2. The van der Waals surface area contributed by atoms with Crippen LogP contribution in [0.3, 0.4) is 0 Å². The molecule has 0 aromatic heterocycles. The number of alkyl carbamates (subject to hydrolysis) is 1. The number of amides is 3. The molecule has 1 rings (SSSR count). The van der Waals surface area contributed by atoms with Gasteiger partial charge in [-0.3, -0.25) is 14.4 Å². The van der Waals surface area contributed by atoms with Crippen LogP contribution in [0, 0.1) is 19.8 Å². The van der Waals surface area contributed by atoms with Crippen molar-refractivity contribution in [2.24, 2.45) is 5.92 Å². The number of nitrogens with one attached hydrogen (secondary N) is 2. The van der Waals surface area contributed by atoms with E-state index in [0.29, 0.717) is 17.9 Å². The largest absolute Gasteiger partial charge is 0.466 e. The first-order valence-electron chi connectivity index (χ1n) is 14.0. The van der Waals surface area contributed by atoms with E-state index in [1.54, 1.807) is 33.8 Å². The van der Waals surface area contributed by atoms with E-state index in [-0.39, 0.29) is 19.6 Å². The Balaban J connectivity index is 3.55. The van der Waals surface area contributed by atoms with Crippen molar-refractivity contribution in [2.75, 3.05) is 19.8 Å². The fraction of sp³-hybridized carbons (Fsp3) is 0.667. The monoisotopic (exact) mass is 563 g/mol. The molecule has 0 bridgehead atoms. The van der Waals surface area contributed by atoms with Crippen LogP contribution >= 0.6 is 0 Å². The number of ether oxygens (including phenoxy) is 2. The Bertz CT molecular complexity index is 1000. The van der Waals surface area contributed by atoms with E-state index in [0.717, 1.165) is 17.5 Å². The van der Waals surface area contributed by atoms with Gasteiger partial charge in [0.2, 0.25) is 11.8 Å². The van der Waals surface area contributed by atoms with Gasteiger partial charge in [-0.2, -0.15) is 0 Å². The summed E-state index contributed by atoms with van der Waals surface area (Å²) in [4.78, 5) is 53.8. The number of hydrogen-bond acceptors (Lipinski definition) is 7. The van der Waals surface area contributed by atoms with Gasteiger partial charge in [-0.1, -0.05) is 32.0 Å². The lowest BCUT2D eigenvalue weighted by Crippen LogP contribution is -2.57. The second kappa shape index (κ2) is 16.2. The minimum atomic E-state index is -1.34.